The number of amides is 1. The van der Waals surface area contributed by atoms with Crippen molar-refractivity contribution in [1.82, 2.24) is 5.43 Å². The summed E-state index contributed by atoms with van der Waals surface area (Å²) >= 11 is 0. The Morgan fingerprint density at radius 1 is 1.31 bits per heavy atom. The molecular weight excluding hydrogens is 204 g/mol. The van der Waals surface area contributed by atoms with E-state index < -0.39 is 0 Å². The van der Waals surface area contributed by atoms with E-state index in [1.807, 2.05) is 18.2 Å². The summed E-state index contributed by atoms with van der Waals surface area (Å²) in [6, 6.07) is 9.04. The van der Waals surface area contributed by atoms with Gasteiger partial charge >= 0.3 is 0 Å². The number of hydrazone groups is 1. The Balaban J connectivity index is 1.92. The van der Waals surface area contributed by atoms with Crippen LogP contribution >= 0.6 is 0 Å². The minimum Gasteiger partial charge on any atom is -0.375 e. The summed E-state index contributed by atoms with van der Waals surface area (Å²) in [6.07, 6.45) is 1.87. The Bertz CT molecular complexity index is 379. The smallest absolute Gasteiger partial charge is 0.271 e. The summed E-state index contributed by atoms with van der Waals surface area (Å²) in [5.41, 5.74) is 4.05. The van der Waals surface area contributed by atoms with Crippen molar-refractivity contribution < 1.29 is 9.53 Å². The first kappa shape index (κ1) is 10.8. The second-order valence-corrected chi connectivity index (χ2v) is 3.64. The summed E-state index contributed by atoms with van der Waals surface area (Å²) in [7, 11) is 0. The number of hydrogen-bond donors (Lipinski definition) is 1. The van der Waals surface area contributed by atoms with Gasteiger partial charge in [-0.25, -0.2) is 5.43 Å². The summed E-state index contributed by atoms with van der Waals surface area (Å²) in [5.74, 6) is -0.182. The molecule has 0 bridgehead atoms. The molecule has 2 rings (SSSR count). The van der Waals surface area contributed by atoms with E-state index in [9.17, 15) is 4.79 Å². The van der Waals surface area contributed by atoms with Gasteiger partial charge < -0.3 is 4.74 Å². The maximum atomic E-state index is 11.6. The van der Waals surface area contributed by atoms with Gasteiger partial charge in [-0.1, -0.05) is 18.2 Å². The highest BCUT2D eigenvalue weighted by atomic mass is 16.5. The number of carbonyl (C=O) groups is 1. The second kappa shape index (κ2) is 5.42. The molecule has 1 saturated heterocycles. The Morgan fingerprint density at radius 3 is 2.81 bits per heavy atom. The first-order chi connectivity index (χ1) is 7.86. The molecule has 4 nitrogen and oxygen atoms in total. The average Bonchev–Trinajstić information content (AvgIpc) is 2.38. The third kappa shape index (κ3) is 2.90. The SMILES string of the molecule is O=C(N/N=C1/CCCOC1)c1ccccc1. The molecule has 4 heteroatoms. The Labute approximate surface area is 94.3 Å². The lowest BCUT2D eigenvalue weighted by Crippen LogP contribution is -2.24. The van der Waals surface area contributed by atoms with Crippen molar-refractivity contribution in [3.8, 4) is 0 Å². The molecule has 1 aliphatic rings. The van der Waals surface area contributed by atoms with Crippen molar-refractivity contribution in [2.24, 2.45) is 5.10 Å². The number of ether oxygens (including phenoxy) is 1. The topological polar surface area (TPSA) is 50.7 Å². The summed E-state index contributed by atoms with van der Waals surface area (Å²) in [6.45, 7) is 1.31. The number of rotatable bonds is 2. The molecule has 0 aromatic heterocycles. The summed E-state index contributed by atoms with van der Waals surface area (Å²) in [4.78, 5) is 11.6. The quantitative estimate of drug-likeness (QED) is 0.766. The van der Waals surface area contributed by atoms with Gasteiger partial charge in [-0.05, 0) is 25.0 Å². The molecule has 16 heavy (non-hydrogen) atoms. The minimum atomic E-state index is -0.182. The van der Waals surface area contributed by atoms with E-state index in [0.29, 0.717) is 12.2 Å². The average molecular weight is 218 g/mol. The molecule has 0 radical (unpaired) electrons. The lowest BCUT2D eigenvalue weighted by atomic mass is 10.2. The van der Waals surface area contributed by atoms with Crippen molar-refractivity contribution in [3.63, 3.8) is 0 Å². The van der Waals surface area contributed by atoms with Crippen LogP contribution in [0, 0.1) is 0 Å². The van der Waals surface area contributed by atoms with Gasteiger partial charge in [-0.3, -0.25) is 4.79 Å². The van der Waals surface area contributed by atoms with Crippen LogP contribution in [0.25, 0.3) is 0 Å². The highest BCUT2D eigenvalue weighted by molar-refractivity contribution is 5.95. The number of nitrogens with zero attached hydrogens (tertiary/aromatic N) is 1. The zero-order chi connectivity index (χ0) is 11.2. The van der Waals surface area contributed by atoms with Gasteiger partial charge in [0.15, 0.2) is 0 Å². The zero-order valence-corrected chi connectivity index (χ0v) is 8.98. The van der Waals surface area contributed by atoms with Crippen LogP contribution in [0.15, 0.2) is 35.4 Å². The number of carbonyl (C=O) groups excluding carboxylic acids is 1. The Morgan fingerprint density at radius 2 is 2.12 bits per heavy atom. The predicted molar refractivity (Wildman–Crippen MR) is 61.4 cm³/mol. The maximum absolute atomic E-state index is 11.6. The molecular formula is C12H14N2O2. The van der Waals surface area contributed by atoms with E-state index in [2.05, 4.69) is 10.5 Å². The van der Waals surface area contributed by atoms with Crippen LogP contribution in [0.4, 0.5) is 0 Å². The molecule has 1 amide bonds. The number of nitrogens with one attached hydrogen (secondary N) is 1. The summed E-state index contributed by atoms with van der Waals surface area (Å²) < 4.78 is 5.24. The second-order valence-electron chi connectivity index (χ2n) is 3.64. The van der Waals surface area contributed by atoms with Gasteiger partial charge in [0.25, 0.3) is 5.91 Å². The molecule has 0 aliphatic carbocycles. The van der Waals surface area contributed by atoms with E-state index >= 15 is 0 Å². The van der Waals surface area contributed by atoms with E-state index in [1.165, 1.54) is 0 Å². The molecule has 1 heterocycles. The largest absolute Gasteiger partial charge is 0.375 e. The molecule has 0 unspecified atom stereocenters. The Kier molecular flexibility index (Phi) is 3.66. The highest BCUT2D eigenvalue weighted by Crippen LogP contribution is 2.02. The number of hydrogen-bond acceptors (Lipinski definition) is 3. The van der Waals surface area contributed by atoms with Crippen LogP contribution in [-0.2, 0) is 4.74 Å². The fourth-order valence-electron chi connectivity index (χ4n) is 1.51. The monoisotopic (exact) mass is 218 g/mol. The van der Waals surface area contributed by atoms with Crippen LogP contribution in [-0.4, -0.2) is 24.8 Å². The van der Waals surface area contributed by atoms with Crippen LogP contribution in [0.3, 0.4) is 0 Å². The molecule has 0 atom stereocenters. The number of benzene rings is 1. The van der Waals surface area contributed by atoms with Crippen LogP contribution < -0.4 is 5.43 Å². The summed E-state index contributed by atoms with van der Waals surface area (Å²) in [5, 5.41) is 4.05. The van der Waals surface area contributed by atoms with Gasteiger partial charge in [-0.15, -0.1) is 0 Å². The molecule has 0 spiro atoms. The van der Waals surface area contributed by atoms with Gasteiger partial charge in [0.1, 0.15) is 0 Å². The molecule has 0 saturated carbocycles. The van der Waals surface area contributed by atoms with Gasteiger partial charge in [-0.2, -0.15) is 5.10 Å². The van der Waals surface area contributed by atoms with Crippen molar-refractivity contribution in [3.05, 3.63) is 35.9 Å². The molecule has 1 fully saturated rings. The van der Waals surface area contributed by atoms with Crippen LogP contribution in [0.2, 0.25) is 0 Å². The van der Waals surface area contributed by atoms with Gasteiger partial charge in [0.2, 0.25) is 0 Å². The van der Waals surface area contributed by atoms with Crippen LogP contribution in [0.1, 0.15) is 23.2 Å². The lowest BCUT2D eigenvalue weighted by molar-refractivity contribution is 0.0953. The standard InChI is InChI=1S/C12H14N2O2/c15-12(10-5-2-1-3-6-10)14-13-11-7-4-8-16-9-11/h1-3,5-6H,4,7-9H2,(H,14,15)/b13-11-. The minimum absolute atomic E-state index is 0.182. The fourth-order valence-corrected chi connectivity index (χ4v) is 1.51. The first-order valence-electron chi connectivity index (χ1n) is 5.35. The van der Waals surface area contributed by atoms with E-state index in [1.54, 1.807) is 12.1 Å². The van der Waals surface area contributed by atoms with Gasteiger partial charge in [0, 0.05) is 12.2 Å². The highest BCUT2D eigenvalue weighted by Gasteiger charge is 2.08. The van der Waals surface area contributed by atoms with E-state index in [4.69, 9.17) is 4.74 Å². The molecule has 1 aromatic carbocycles. The zero-order valence-electron chi connectivity index (χ0n) is 8.98. The Hall–Kier alpha value is -1.68. The lowest BCUT2D eigenvalue weighted by Gasteiger charge is -2.13. The third-order valence-electron chi connectivity index (χ3n) is 2.37. The van der Waals surface area contributed by atoms with Crippen molar-refractivity contribution >= 4 is 11.6 Å². The van der Waals surface area contributed by atoms with E-state index in [-0.39, 0.29) is 5.91 Å². The van der Waals surface area contributed by atoms with Crippen LogP contribution in [0.5, 0.6) is 0 Å². The molecule has 1 N–H and O–H groups in total. The van der Waals surface area contributed by atoms with Crippen molar-refractivity contribution in [1.29, 1.82) is 0 Å². The van der Waals surface area contributed by atoms with Crippen molar-refractivity contribution in [2.75, 3.05) is 13.2 Å². The maximum Gasteiger partial charge on any atom is 0.271 e. The van der Waals surface area contributed by atoms with Gasteiger partial charge in [0.05, 0.1) is 12.3 Å². The third-order valence-corrected chi connectivity index (χ3v) is 2.37. The molecule has 1 aliphatic heterocycles. The normalized spacial score (nSPS) is 18.4. The van der Waals surface area contributed by atoms with Crippen molar-refractivity contribution in [2.45, 2.75) is 12.8 Å². The molecule has 84 valence electrons. The fraction of sp³-hybridized carbons (Fsp3) is 0.333. The molecule has 1 aromatic rings. The predicted octanol–water partition coefficient (Wildman–Crippen LogP) is 1.58. The first-order valence-corrected chi connectivity index (χ1v) is 5.35. The van der Waals surface area contributed by atoms with E-state index in [0.717, 1.165) is 25.2 Å².